The van der Waals surface area contributed by atoms with Gasteiger partial charge < -0.3 is 10.5 Å². The van der Waals surface area contributed by atoms with Gasteiger partial charge in [0.05, 0.1) is 0 Å². The Labute approximate surface area is 116 Å². The number of hydrogen-bond acceptors (Lipinski definition) is 2. The van der Waals surface area contributed by atoms with Gasteiger partial charge in [-0.3, -0.25) is 0 Å². The predicted molar refractivity (Wildman–Crippen MR) is 78.3 cm³/mol. The predicted octanol–water partition coefficient (Wildman–Crippen LogP) is 3.97. The molecule has 3 rings (SSSR count). The molecule has 2 aliphatic rings. The maximum Gasteiger partial charge on any atom is 0.124 e. The molecule has 1 heterocycles. The fraction of sp³-hybridized carbons (Fsp3) is 0.647. The van der Waals surface area contributed by atoms with Gasteiger partial charge in [-0.25, -0.2) is 0 Å². The summed E-state index contributed by atoms with van der Waals surface area (Å²) in [5.74, 6) is 2.56. The normalized spacial score (nSPS) is 37.8. The monoisotopic (exact) mass is 259 g/mol. The average molecular weight is 259 g/mol. The highest BCUT2D eigenvalue weighted by Gasteiger charge is 2.44. The molecule has 1 fully saturated rings. The zero-order valence-electron chi connectivity index (χ0n) is 12.3. The van der Waals surface area contributed by atoms with E-state index in [2.05, 4.69) is 39.0 Å². The van der Waals surface area contributed by atoms with Gasteiger partial charge in [0.2, 0.25) is 0 Å². The summed E-state index contributed by atoms with van der Waals surface area (Å²) in [5.41, 5.74) is 8.87. The first-order valence-corrected chi connectivity index (χ1v) is 7.54. The average Bonchev–Trinajstić information content (AvgIpc) is 2.36. The Balaban J connectivity index is 1.90. The Bertz CT molecular complexity index is 484. The highest BCUT2D eigenvalue weighted by atomic mass is 16.5. The van der Waals surface area contributed by atoms with Gasteiger partial charge in [0.15, 0.2) is 0 Å². The number of benzene rings is 1. The number of fused-ring (bicyclic) bond motifs is 1. The van der Waals surface area contributed by atoms with Crippen LogP contribution in [0.15, 0.2) is 18.2 Å². The van der Waals surface area contributed by atoms with Crippen molar-refractivity contribution < 1.29 is 4.74 Å². The molecule has 1 saturated carbocycles. The lowest BCUT2D eigenvalue weighted by molar-refractivity contribution is -0.0287. The molecular weight excluding hydrogens is 234 g/mol. The molecule has 1 aromatic carbocycles. The summed E-state index contributed by atoms with van der Waals surface area (Å²) < 4.78 is 6.42. The van der Waals surface area contributed by atoms with Crippen LogP contribution in [0.5, 0.6) is 5.75 Å². The van der Waals surface area contributed by atoms with Crippen molar-refractivity contribution in [2.75, 3.05) is 0 Å². The van der Waals surface area contributed by atoms with Crippen molar-refractivity contribution >= 4 is 0 Å². The third-order valence-electron chi connectivity index (χ3n) is 5.20. The lowest BCUT2D eigenvalue weighted by Gasteiger charge is -2.47. The van der Waals surface area contributed by atoms with Crippen molar-refractivity contribution in [3.63, 3.8) is 0 Å². The molecule has 2 heteroatoms. The van der Waals surface area contributed by atoms with Gasteiger partial charge in [-0.05, 0) is 44.1 Å². The summed E-state index contributed by atoms with van der Waals surface area (Å²) in [6, 6.07) is 6.54. The van der Waals surface area contributed by atoms with Crippen LogP contribution in [0.25, 0.3) is 0 Å². The highest BCUT2D eigenvalue weighted by Crippen LogP contribution is 2.48. The standard InChI is InChI=1S/C17H25NO/c1-11-4-5-16-14(8-11)15(18)10-17(19-16)7-6-12(2)13(3)9-17/h4-5,8,12-13,15H,6-7,9-10,18H2,1-3H3/t12?,13?,15-,17?/m1/s1. The summed E-state index contributed by atoms with van der Waals surface area (Å²) in [4.78, 5) is 0. The first kappa shape index (κ1) is 13.0. The molecule has 0 bridgehead atoms. The molecule has 0 saturated heterocycles. The molecule has 2 nitrogen and oxygen atoms in total. The van der Waals surface area contributed by atoms with Crippen LogP contribution in [-0.2, 0) is 0 Å². The van der Waals surface area contributed by atoms with E-state index in [0.29, 0.717) is 0 Å². The summed E-state index contributed by atoms with van der Waals surface area (Å²) in [5, 5.41) is 0. The zero-order valence-corrected chi connectivity index (χ0v) is 12.3. The number of aryl methyl sites for hydroxylation is 1. The molecule has 0 radical (unpaired) electrons. The molecule has 1 aromatic rings. The van der Waals surface area contributed by atoms with Gasteiger partial charge >= 0.3 is 0 Å². The largest absolute Gasteiger partial charge is 0.487 e. The van der Waals surface area contributed by atoms with Crippen LogP contribution < -0.4 is 10.5 Å². The van der Waals surface area contributed by atoms with E-state index in [1.54, 1.807) is 0 Å². The number of rotatable bonds is 0. The molecule has 19 heavy (non-hydrogen) atoms. The van der Waals surface area contributed by atoms with Crippen LogP contribution in [0.3, 0.4) is 0 Å². The third-order valence-corrected chi connectivity index (χ3v) is 5.20. The van der Waals surface area contributed by atoms with E-state index in [-0.39, 0.29) is 11.6 Å². The first-order chi connectivity index (χ1) is 8.99. The van der Waals surface area contributed by atoms with Crippen molar-refractivity contribution in [2.45, 2.75) is 58.1 Å². The van der Waals surface area contributed by atoms with Crippen LogP contribution in [0, 0.1) is 18.8 Å². The third kappa shape index (κ3) is 2.27. The second kappa shape index (κ2) is 4.52. The van der Waals surface area contributed by atoms with E-state index in [9.17, 15) is 0 Å². The minimum Gasteiger partial charge on any atom is -0.487 e. The van der Waals surface area contributed by atoms with Crippen LogP contribution >= 0.6 is 0 Å². The maximum atomic E-state index is 6.42. The lowest BCUT2D eigenvalue weighted by atomic mass is 9.69. The van der Waals surface area contributed by atoms with Gasteiger partial charge in [0, 0.05) is 18.0 Å². The number of hydrogen-bond donors (Lipinski definition) is 1. The quantitative estimate of drug-likeness (QED) is 0.765. The molecule has 0 amide bonds. The molecule has 104 valence electrons. The van der Waals surface area contributed by atoms with E-state index in [0.717, 1.165) is 36.8 Å². The Kier molecular flexibility index (Phi) is 3.09. The second-order valence-corrected chi connectivity index (χ2v) is 6.83. The molecule has 2 N–H and O–H groups in total. The molecule has 1 aliphatic carbocycles. The Morgan fingerprint density at radius 1 is 1.21 bits per heavy atom. The molecule has 4 atom stereocenters. The Morgan fingerprint density at radius 2 is 2.00 bits per heavy atom. The number of ether oxygens (including phenoxy) is 1. The molecule has 1 spiro atoms. The van der Waals surface area contributed by atoms with Crippen LogP contribution in [0.2, 0.25) is 0 Å². The van der Waals surface area contributed by atoms with E-state index >= 15 is 0 Å². The number of nitrogens with two attached hydrogens (primary N) is 1. The van der Waals surface area contributed by atoms with Crippen LogP contribution in [0.4, 0.5) is 0 Å². The van der Waals surface area contributed by atoms with Gasteiger partial charge in [0.25, 0.3) is 0 Å². The summed E-state index contributed by atoms with van der Waals surface area (Å²) in [6.45, 7) is 6.82. The van der Waals surface area contributed by atoms with E-state index < -0.39 is 0 Å². The van der Waals surface area contributed by atoms with E-state index in [4.69, 9.17) is 10.5 Å². The van der Waals surface area contributed by atoms with Crippen molar-refractivity contribution in [1.29, 1.82) is 0 Å². The fourth-order valence-corrected chi connectivity index (χ4v) is 3.78. The first-order valence-electron chi connectivity index (χ1n) is 7.54. The summed E-state index contributed by atoms with van der Waals surface area (Å²) >= 11 is 0. The zero-order chi connectivity index (χ0) is 13.6. The van der Waals surface area contributed by atoms with Crippen LogP contribution in [0.1, 0.15) is 56.7 Å². The van der Waals surface area contributed by atoms with Crippen LogP contribution in [-0.4, -0.2) is 5.60 Å². The SMILES string of the molecule is Cc1ccc2c(c1)[C@H](N)CC1(CCC(C)C(C)C1)O2. The smallest absolute Gasteiger partial charge is 0.124 e. The minimum atomic E-state index is -0.00635. The Morgan fingerprint density at radius 3 is 2.74 bits per heavy atom. The topological polar surface area (TPSA) is 35.2 Å². The van der Waals surface area contributed by atoms with Gasteiger partial charge in [-0.15, -0.1) is 0 Å². The summed E-state index contributed by atoms with van der Waals surface area (Å²) in [6.07, 6.45) is 4.53. The Hall–Kier alpha value is -1.02. The van der Waals surface area contributed by atoms with Crippen molar-refractivity contribution in [3.05, 3.63) is 29.3 Å². The second-order valence-electron chi connectivity index (χ2n) is 6.83. The van der Waals surface area contributed by atoms with Crippen molar-refractivity contribution in [2.24, 2.45) is 17.6 Å². The summed E-state index contributed by atoms with van der Waals surface area (Å²) in [7, 11) is 0. The van der Waals surface area contributed by atoms with E-state index in [1.165, 1.54) is 17.5 Å². The lowest BCUT2D eigenvalue weighted by Crippen LogP contribution is -2.47. The maximum absolute atomic E-state index is 6.42. The van der Waals surface area contributed by atoms with Crippen molar-refractivity contribution in [3.8, 4) is 5.75 Å². The molecule has 1 aliphatic heterocycles. The van der Waals surface area contributed by atoms with Gasteiger partial charge in [0.1, 0.15) is 11.4 Å². The van der Waals surface area contributed by atoms with E-state index in [1.807, 2.05) is 0 Å². The van der Waals surface area contributed by atoms with Crippen molar-refractivity contribution in [1.82, 2.24) is 0 Å². The fourth-order valence-electron chi connectivity index (χ4n) is 3.78. The van der Waals surface area contributed by atoms with Gasteiger partial charge in [-0.2, -0.15) is 0 Å². The molecule has 0 aromatic heterocycles. The molecule has 3 unspecified atom stereocenters. The highest BCUT2D eigenvalue weighted by molar-refractivity contribution is 5.41. The molecular formula is C17H25NO. The van der Waals surface area contributed by atoms with Gasteiger partial charge in [-0.1, -0.05) is 31.5 Å². The minimum absolute atomic E-state index is 0.00635.